The van der Waals surface area contributed by atoms with Crippen molar-refractivity contribution in [1.82, 2.24) is 4.92 Å². The summed E-state index contributed by atoms with van der Waals surface area (Å²) in [6, 6.07) is 4.55. The van der Waals surface area contributed by atoms with Crippen molar-refractivity contribution in [2.45, 2.75) is 6.92 Å². The highest BCUT2D eigenvalue weighted by atomic mass is 16.3. The highest BCUT2D eigenvalue weighted by molar-refractivity contribution is 6.67. The van der Waals surface area contributed by atoms with Crippen LogP contribution in [0.2, 0.25) is 0 Å². The molecule has 1 aromatic carbocycles. The van der Waals surface area contributed by atoms with E-state index < -0.39 is 7.05 Å². The molecule has 5 nitrogen and oxygen atoms in total. The van der Waals surface area contributed by atoms with E-state index in [1.807, 2.05) is 0 Å². The summed E-state index contributed by atoms with van der Waals surface area (Å²) in [5.41, 5.74) is 1.16. The normalized spacial score (nSPS) is 14.0. The number of fused-ring (bicyclic) bond motifs is 1. The minimum Gasteiger partial charge on any atom is -0.508 e. The maximum Gasteiger partial charge on any atom is 0.474 e. The van der Waals surface area contributed by atoms with Crippen LogP contribution in [0.15, 0.2) is 23.3 Å². The van der Waals surface area contributed by atoms with Gasteiger partial charge in [-0.05, 0) is 23.2 Å². The summed E-state index contributed by atoms with van der Waals surface area (Å²) in [6.07, 6.45) is 1.48. The van der Waals surface area contributed by atoms with Crippen molar-refractivity contribution in [2.24, 2.45) is 5.10 Å². The zero-order valence-corrected chi connectivity index (χ0v) is 8.08. The van der Waals surface area contributed by atoms with Crippen molar-refractivity contribution in [2.75, 3.05) is 0 Å². The number of rotatable bonds is 0. The molecule has 0 spiro atoms. The Morgan fingerprint density at radius 3 is 2.93 bits per heavy atom. The molecule has 1 amide bonds. The Morgan fingerprint density at radius 1 is 1.53 bits per heavy atom. The van der Waals surface area contributed by atoms with E-state index in [1.54, 1.807) is 6.07 Å². The Labute approximate surface area is 86.8 Å². The molecule has 1 aromatic rings. The first-order valence-electron chi connectivity index (χ1n) is 4.44. The van der Waals surface area contributed by atoms with Crippen LogP contribution in [-0.4, -0.2) is 34.2 Å². The van der Waals surface area contributed by atoms with Gasteiger partial charge in [0.1, 0.15) is 5.75 Å². The van der Waals surface area contributed by atoms with Crippen LogP contribution in [0.25, 0.3) is 0 Å². The molecule has 1 aliphatic heterocycles. The third kappa shape index (κ3) is 1.59. The number of carbonyl (C=O) groups is 1. The monoisotopic (exact) mass is 204 g/mol. The third-order valence-electron chi connectivity index (χ3n) is 2.22. The van der Waals surface area contributed by atoms with Crippen LogP contribution in [0.5, 0.6) is 5.75 Å². The fourth-order valence-corrected chi connectivity index (χ4v) is 1.48. The van der Waals surface area contributed by atoms with Gasteiger partial charge in [-0.2, -0.15) is 5.10 Å². The van der Waals surface area contributed by atoms with Gasteiger partial charge in [0.05, 0.1) is 6.21 Å². The van der Waals surface area contributed by atoms with E-state index in [-0.39, 0.29) is 11.7 Å². The SMILES string of the molecule is CC(=O)N1N=Cc2ccc(O)cc2B1O. The van der Waals surface area contributed by atoms with Gasteiger partial charge in [0.15, 0.2) is 0 Å². The highest BCUT2D eigenvalue weighted by Gasteiger charge is 2.31. The van der Waals surface area contributed by atoms with Crippen molar-refractivity contribution in [3.63, 3.8) is 0 Å². The molecular weight excluding hydrogens is 195 g/mol. The van der Waals surface area contributed by atoms with E-state index in [1.165, 1.54) is 25.3 Å². The summed E-state index contributed by atoms with van der Waals surface area (Å²) in [5, 5.41) is 22.9. The van der Waals surface area contributed by atoms with Crippen LogP contribution < -0.4 is 5.46 Å². The van der Waals surface area contributed by atoms with E-state index in [0.29, 0.717) is 11.0 Å². The average Bonchev–Trinajstić information content (AvgIpc) is 2.19. The molecule has 1 heterocycles. The summed E-state index contributed by atoms with van der Waals surface area (Å²) in [6.45, 7) is 1.31. The number of amides is 1. The Bertz CT molecular complexity index is 447. The lowest BCUT2D eigenvalue weighted by molar-refractivity contribution is -0.125. The lowest BCUT2D eigenvalue weighted by Crippen LogP contribution is -2.51. The molecule has 76 valence electrons. The van der Waals surface area contributed by atoms with Gasteiger partial charge in [0, 0.05) is 6.92 Å². The fraction of sp³-hybridized carbons (Fsp3) is 0.111. The topological polar surface area (TPSA) is 73.1 Å². The minimum atomic E-state index is -1.13. The van der Waals surface area contributed by atoms with E-state index >= 15 is 0 Å². The van der Waals surface area contributed by atoms with Gasteiger partial charge in [0.2, 0.25) is 5.91 Å². The number of benzene rings is 1. The number of phenols is 1. The molecule has 0 saturated heterocycles. The van der Waals surface area contributed by atoms with Gasteiger partial charge in [-0.25, -0.2) is 4.92 Å². The second kappa shape index (κ2) is 3.40. The molecule has 2 N–H and O–H groups in total. The fourth-order valence-electron chi connectivity index (χ4n) is 1.48. The molecular formula is C9H9BN2O3. The molecule has 0 aliphatic carbocycles. The van der Waals surface area contributed by atoms with Crippen molar-refractivity contribution >= 4 is 24.6 Å². The van der Waals surface area contributed by atoms with Crippen LogP contribution in [0.4, 0.5) is 0 Å². The largest absolute Gasteiger partial charge is 0.508 e. The van der Waals surface area contributed by atoms with E-state index in [9.17, 15) is 14.9 Å². The molecule has 2 rings (SSSR count). The first-order chi connectivity index (χ1) is 7.09. The second-order valence-corrected chi connectivity index (χ2v) is 3.30. The molecule has 1 aliphatic rings. The maximum atomic E-state index is 11.1. The van der Waals surface area contributed by atoms with Crippen LogP contribution in [-0.2, 0) is 4.79 Å². The highest BCUT2D eigenvalue weighted by Crippen LogP contribution is 2.12. The summed E-state index contributed by atoms with van der Waals surface area (Å²) in [5.74, 6) is -0.306. The standard InChI is InChI=1S/C9H9BN2O3/c1-6(13)12-10(15)9-4-8(14)3-2-7(9)5-11-12/h2-5,14-15H,1H3. The number of hydrazone groups is 1. The summed E-state index contributed by atoms with van der Waals surface area (Å²) in [4.78, 5) is 12.1. The number of hydrogen-bond donors (Lipinski definition) is 2. The van der Waals surface area contributed by atoms with Crippen molar-refractivity contribution < 1.29 is 14.9 Å². The second-order valence-electron chi connectivity index (χ2n) is 3.30. The van der Waals surface area contributed by atoms with Gasteiger partial charge in [-0.3, -0.25) is 4.79 Å². The predicted octanol–water partition coefficient (Wildman–Crippen LogP) is -0.724. The Hall–Kier alpha value is -1.82. The van der Waals surface area contributed by atoms with Crippen molar-refractivity contribution in [1.29, 1.82) is 0 Å². The quantitative estimate of drug-likeness (QED) is 0.547. The molecule has 0 radical (unpaired) electrons. The van der Waals surface area contributed by atoms with Gasteiger partial charge in [0.25, 0.3) is 0 Å². The lowest BCUT2D eigenvalue weighted by atomic mass is 9.69. The van der Waals surface area contributed by atoms with Crippen molar-refractivity contribution in [3.05, 3.63) is 23.8 Å². The number of hydrogen-bond acceptors (Lipinski definition) is 4. The van der Waals surface area contributed by atoms with E-state index in [0.717, 1.165) is 4.92 Å². The zero-order chi connectivity index (χ0) is 11.0. The molecule has 0 fully saturated rings. The summed E-state index contributed by atoms with van der Waals surface area (Å²) < 4.78 is 0. The summed E-state index contributed by atoms with van der Waals surface area (Å²) >= 11 is 0. The van der Waals surface area contributed by atoms with Gasteiger partial charge in [-0.15, -0.1) is 0 Å². The molecule has 15 heavy (non-hydrogen) atoms. The Morgan fingerprint density at radius 2 is 2.27 bits per heavy atom. The lowest BCUT2D eigenvalue weighted by Gasteiger charge is -2.23. The molecule has 0 saturated carbocycles. The van der Waals surface area contributed by atoms with Crippen LogP contribution in [0.3, 0.4) is 0 Å². The zero-order valence-electron chi connectivity index (χ0n) is 8.08. The first kappa shape index (κ1) is 9.73. The van der Waals surface area contributed by atoms with Crippen molar-refractivity contribution in [3.8, 4) is 5.75 Å². The number of phenolic OH excluding ortho intramolecular Hbond substituents is 1. The molecule has 0 unspecified atom stereocenters. The number of carbonyl (C=O) groups excluding carboxylic acids is 1. The minimum absolute atomic E-state index is 0.0478. The smallest absolute Gasteiger partial charge is 0.474 e. The van der Waals surface area contributed by atoms with E-state index in [2.05, 4.69) is 5.10 Å². The van der Waals surface area contributed by atoms with Crippen LogP contribution >= 0.6 is 0 Å². The Balaban J connectivity index is 2.48. The van der Waals surface area contributed by atoms with Crippen LogP contribution in [0.1, 0.15) is 12.5 Å². The molecule has 0 atom stereocenters. The number of nitrogens with zero attached hydrogens (tertiary/aromatic N) is 2. The number of aromatic hydroxyl groups is 1. The van der Waals surface area contributed by atoms with Gasteiger partial charge < -0.3 is 10.1 Å². The molecule has 0 bridgehead atoms. The van der Waals surface area contributed by atoms with E-state index in [4.69, 9.17) is 0 Å². The van der Waals surface area contributed by atoms with Crippen LogP contribution in [0, 0.1) is 0 Å². The maximum absolute atomic E-state index is 11.1. The molecule has 6 heteroatoms. The van der Waals surface area contributed by atoms with Gasteiger partial charge >= 0.3 is 7.05 Å². The molecule has 0 aromatic heterocycles. The van der Waals surface area contributed by atoms with Gasteiger partial charge in [-0.1, -0.05) is 6.07 Å². The first-order valence-corrected chi connectivity index (χ1v) is 4.44. The average molecular weight is 204 g/mol. The Kier molecular flexibility index (Phi) is 2.20. The third-order valence-corrected chi connectivity index (χ3v) is 2.22. The predicted molar refractivity (Wildman–Crippen MR) is 55.8 cm³/mol. The summed E-state index contributed by atoms with van der Waals surface area (Å²) in [7, 11) is -1.13.